The Hall–Kier alpha value is -1.62. The van der Waals surface area contributed by atoms with Gasteiger partial charge in [0.05, 0.1) is 11.5 Å². The van der Waals surface area contributed by atoms with Crippen molar-refractivity contribution >= 4 is 5.69 Å². The first kappa shape index (κ1) is 13.4. The normalized spacial score (nSPS) is 12.2. The SMILES string of the molecule is CNCC(C)COc1c(C)cccc1[N+](=O)[O-]. The summed E-state index contributed by atoms with van der Waals surface area (Å²) in [7, 11) is 1.87. The molecule has 0 aliphatic heterocycles. The molecule has 0 saturated heterocycles. The molecule has 0 heterocycles. The minimum Gasteiger partial charge on any atom is -0.486 e. The van der Waals surface area contributed by atoms with Gasteiger partial charge < -0.3 is 10.1 Å². The summed E-state index contributed by atoms with van der Waals surface area (Å²) < 4.78 is 5.56. The summed E-state index contributed by atoms with van der Waals surface area (Å²) in [5, 5.41) is 13.9. The van der Waals surface area contributed by atoms with Gasteiger partial charge >= 0.3 is 5.69 Å². The number of para-hydroxylation sites is 1. The summed E-state index contributed by atoms with van der Waals surface area (Å²) >= 11 is 0. The predicted octanol–water partition coefficient (Wildman–Crippen LogP) is 2.14. The third kappa shape index (κ3) is 3.71. The van der Waals surface area contributed by atoms with Crippen LogP contribution in [0.15, 0.2) is 18.2 Å². The average molecular weight is 238 g/mol. The molecule has 0 amide bonds. The van der Waals surface area contributed by atoms with E-state index in [1.54, 1.807) is 6.07 Å². The number of hydrogen-bond donors (Lipinski definition) is 1. The zero-order valence-electron chi connectivity index (χ0n) is 10.4. The fourth-order valence-corrected chi connectivity index (χ4v) is 1.60. The third-order valence-electron chi connectivity index (χ3n) is 2.45. The summed E-state index contributed by atoms with van der Waals surface area (Å²) in [6, 6.07) is 4.94. The number of aryl methyl sites for hydroxylation is 1. The van der Waals surface area contributed by atoms with Gasteiger partial charge in [0.25, 0.3) is 0 Å². The lowest BCUT2D eigenvalue weighted by molar-refractivity contribution is -0.386. The standard InChI is InChI=1S/C12H18N2O3/c1-9(7-13-3)8-17-12-10(2)5-4-6-11(12)14(15)16/h4-6,9,13H,7-8H2,1-3H3. The molecule has 94 valence electrons. The van der Waals surface area contributed by atoms with E-state index in [2.05, 4.69) is 5.32 Å². The highest BCUT2D eigenvalue weighted by molar-refractivity contribution is 5.51. The highest BCUT2D eigenvalue weighted by Crippen LogP contribution is 2.30. The van der Waals surface area contributed by atoms with Crippen LogP contribution in [0, 0.1) is 23.0 Å². The molecular formula is C12H18N2O3. The maximum absolute atomic E-state index is 10.9. The van der Waals surface area contributed by atoms with Gasteiger partial charge in [-0.25, -0.2) is 0 Å². The van der Waals surface area contributed by atoms with E-state index in [-0.39, 0.29) is 5.69 Å². The lowest BCUT2D eigenvalue weighted by atomic mass is 10.2. The lowest BCUT2D eigenvalue weighted by Crippen LogP contribution is -2.22. The highest BCUT2D eigenvalue weighted by atomic mass is 16.6. The third-order valence-corrected chi connectivity index (χ3v) is 2.45. The average Bonchev–Trinajstić information content (AvgIpc) is 2.27. The maximum atomic E-state index is 10.9. The number of nitrogens with zero attached hydrogens (tertiary/aromatic N) is 1. The molecule has 5 nitrogen and oxygen atoms in total. The van der Waals surface area contributed by atoms with Crippen molar-refractivity contribution in [1.82, 2.24) is 5.32 Å². The van der Waals surface area contributed by atoms with Crippen molar-refractivity contribution in [3.63, 3.8) is 0 Å². The van der Waals surface area contributed by atoms with Crippen LogP contribution in [0.5, 0.6) is 5.75 Å². The molecule has 0 aliphatic rings. The Bertz CT molecular complexity index is 393. The van der Waals surface area contributed by atoms with E-state index in [1.165, 1.54) is 6.07 Å². The summed E-state index contributed by atoms with van der Waals surface area (Å²) in [6.07, 6.45) is 0. The second kappa shape index (κ2) is 6.20. The zero-order valence-corrected chi connectivity index (χ0v) is 10.4. The smallest absolute Gasteiger partial charge is 0.311 e. The highest BCUT2D eigenvalue weighted by Gasteiger charge is 2.17. The quantitative estimate of drug-likeness (QED) is 0.609. The second-order valence-electron chi connectivity index (χ2n) is 4.15. The van der Waals surface area contributed by atoms with Crippen LogP contribution in [0.3, 0.4) is 0 Å². The van der Waals surface area contributed by atoms with Gasteiger partial charge in [0.1, 0.15) is 0 Å². The van der Waals surface area contributed by atoms with Gasteiger partial charge in [0, 0.05) is 18.5 Å². The molecule has 0 radical (unpaired) electrons. The van der Waals surface area contributed by atoms with Gasteiger partial charge in [0.2, 0.25) is 0 Å². The van der Waals surface area contributed by atoms with E-state index < -0.39 is 4.92 Å². The van der Waals surface area contributed by atoms with Crippen LogP contribution in [0.4, 0.5) is 5.69 Å². The fourth-order valence-electron chi connectivity index (χ4n) is 1.60. The molecule has 1 rings (SSSR count). The van der Waals surface area contributed by atoms with E-state index >= 15 is 0 Å². The molecule has 5 heteroatoms. The Morgan fingerprint density at radius 1 is 1.53 bits per heavy atom. The minimum atomic E-state index is -0.412. The van der Waals surface area contributed by atoms with Crippen molar-refractivity contribution in [1.29, 1.82) is 0 Å². The molecule has 1 aromatic rings. The van der Waals surface area contributed by atoms with Gasteiger partial charge in [-0.3, -0.25) is 10.1 Å². The maximum Gasteiger partial charge on any atom is 0.311 e. The number of hydrogen-bond acceptors (Lipinski definition) is 4. The van der Waals surface area contributed by atoms with Crippen LogP contribution in [-0.2, 0) is 0 Å². The van der Waals surface area contributed by atoms with Gasteiger partial charge in [-0.05, 0) is 19.5 Å². The van der Waals surface area contributed by atoms with Crippen LogP contribution in [0.25, 0.3) is 0 Å². The Kier molecular flexibility index (Phi) is 4.90. The van der Waals surface area contributed by atoms with Crippen LogP contribution < -0.4 is 10.1 Å². The van der Waals surface area contributed by atoms with Crippen molar-refractivity contribution in [2.45, 2.75) is 13.8 Å². The molecule has 1 N–H and O–H groups in total. The van der Waals surface area contributed by atoms with E-state index in [9.17, 15) is 10.1 Å². The van der Waals surface area contributed by atoms with Crippen molar-refractivity contribution < 1.29 is 9.66 Å². The Labute approximate surface area is 101 Å². The summed E-state index contributed by atoms with van der Waals surface area (Å²) in [6.45, 7) is 5.12. The van der Waals surface area contributed by atoms with Crippen LogP contribution in [0.1, 0.15) is 12.5 Å². The van der Waals surface area contributed by atoms with Crippen LogP contribution >= 0.6 is 0 Å². The fraction of sp³-hybridized carbons (Fsp3) is 0.500. The van der Waals surface area contributed by atoms with E-state index in [0.29, 0.717) is 18.3 Å². The van der Waals surface area contributed by atoms with E-state index in [0.717, 1.165) is 12.1 Å². The first-order chi connectivity index (χ1) is 8.06. The summed E-state index contributed by atoms with van der Waals surface area (Å²) in [5.74, 6) is 0.680. The lowest BCUT2D eigenvalue weighted by Gasteiger charge is -2.14. The van der Waals surface area contributed by atoms with Crippen molar-refractivity contribution in [3.05, 3.63) is 33.9 Å². The number of nitrogens with one attached hydrogen (secondary N) is 1. The Morgan fingerprint density at radius 3 is 2.82 bits per heavy atom. The number of nitro benzene ring substituents is 1. The molecule has 0 saturated carbocycles. The number of benzene rings is 1. The molecule has 0 spiro atoms. The minimum absolute atomic E-state index is 0.0293. The van der Waals surface area contributed by atoms with Gasteiger partial charge in [-0.15, -0.1) is 0 Å². The van der Waals surface area contributed by atoms with Gasteiger partial charge in [0.15, 0.2) is 5.75 Å². The molecule has 1 aromatic carbocycles. The van der Waals surface area contributed by atoms with E-state index in [4.69, 9.17) is 4.74 Å². The molecule has 0 aromatic heterocycles. The van der Waals surface area contributed by atoms with E-state index in [1.807, 2.05) is 27.0 Å². The molecule has 0 aliphatic carbocycles. The number of nitro groups is 1. The summed E-state index contributed by atoms with van der Waals surface area (Å²) in [5.41, 5.74) is 0.817. The topological polar surface area (TPSA) is 64.4 Å². The Morgan fingerprint density at radius 2 is 2.24 bits per heavy atom. The number of rotatable bonds is 6. The first-order valence-corrected chi connectivity index (χ1v) is 5.57. The first-order valence-electron chi connectivity index (χ1n) is 5.57. The molecule has 1 unspecified atom stereocenters. The number of ether oxygens (including phenoxy) is 1. The summed E-state index contributed by atoms with van der Waals surface area (Å²) in [4.78, 5) is 10.4. The zero-order chi connectivity index (χ0) is 12.8. The van der Waals surface area contributed by atoms with Crippen molar-refractivity contribution in [2.24, 2.45) is 5.92 Å². The predicted molar refractivity (Wildman–Crippen MR) is 66.4 cm³/mol. The monoisotopic (exact) mass is 238 g/mol. The van der Waals surface area contributed by atoms with Gasteiger partial charge in [-0.2, -0.15) is 0 Å². The molecule has 1 atom stereocenters. The Balaban J connectivity index is 2.79. The van der Waals surface area contributed by atoms with Crippen molar-refractivity contribution in [2.75, 3.05) is 20.2 Å². The second-order valence-corrected chi connectivity index (χ2v) is 4.15. The van der Waals surface area contributed by atoms with Gasteiger partial charge in [-0.1, -0.05) is 19.1 Å². The molecule has 17 heavy (non-hydrogen) atoms. The molecule has 0 fully saturated rings. The van der Waals surface area contributed by atoms with Crippen molar-refractivity contribution in [3.8, 4) is 5.75 Å². The molecular weight excluding hydrogens is 220 g/mol. The van der Waals surface area contributed by atoms with Crippen LogP contribution in [-0.4, -0.2) is 25.1 Å². The molecule has 0 bridgehead atoms. The van der Waals surface area contributed by atoms with Crippen LogP contribution in [0.2, 0.25) is 0 Å². The largest absolute Gasteiger partial charge is 0.486 e.